The second-order valence-corrected chi connectivity index (χ2v) is 16.0. The Balaban J connectivity index is 1.31. The molecular weight excluding hydrogens is 817 g/mol. The molecule has 326 valence electrons. The summed E-state index contributed by atoms with van der Waals surface area (Å²) in [5, 5.41) is 20.3. The quantitative estimate of drug-likeness (QED) is 0.119. The molecule has 0 bridgehead atoms. The van der Waals surface area contributed by atoms with Gasteiger partial charge in [0.05, 0.1) is 36.9 Å². The number of esters is 1. The summed E-state index contributed by atoms with van der Waals surface area (Å²) in [6, 6.07) is 28.6. The molecule has 1 aromatic heterocycles. The molecule has 0 radical (unpaired) electrons. The lowest BCUT2D eigenvalue weighted by Crippen LogP contribution is -2.59. The van der Waals surface area contributed by atoms with Crippen LogP contribution in [0.4, 0.5) is 16.4 Å². The third-order valence-electron chi connectivity index (χ3n) is 12.5. The summed E-state index contributed by atoms with van der Waals surface area (Å²) in [6.45, 7) is 0.871. The zero-order valence-electron chi connectivity index (χ0n) is 35.0. The first-order valence-corrected chi connectivity index (χ1v) is 21.2. The topological polar surface area (TPSA) is 175 Å². The van der Waals surface area contributed by atoms with Crippen molar-refractivity contribution in [3.8, 4) is 17.6 Å². The average molecular weight is 863 g/mol. The van der Waals surface area contributed by atoms with Gasteiger partial charge in [-0.1, -0.05) is 84.6 Å². The summed E-state index contributed by atoms with van der Waals surface area (Å²) in [6.07, 6.45) is 1.59. The smallest absolute Gasteiger partial charge is 0.421 e. The first-order valence-electron chi connectivity index (χ1n) is 21.2. The van der Waals surface area contributed by atoms with Crippen LogP contribution in [0, 0.1) is 17.8 Å². The molecule has 5 aromatic rings. The van der Waals surface area contributed by atoms with E-state index in [9.17, 15) is 15.0 Å². The maximum Gasteiger partial charge on any atom is 0.421 e. The van der Waals surface area contributed by atoms with Crippen LogP contribution in [0.1, 0.15) is 52.4 Å². The molecule has 0 saturated carbocycles. The molecule has 3 fully saturated rings. The van der Waals surface area contributed by atoms with Gasteiger partial charge in [-0.15, -0.1) is 0 Å². The van der Waals surface area contributed by atoms with E-state index in [1.165, 1.54) is 19.2 Å². The number of fused-ring (bicyclic) bond motifs is 3. The Hall–Kier alpha value is -7.12. The number of benzene rings is 4. The normalized spacial score (nSPS) is 23.8. The molecular formula is C49H46N6O9. The number of aliphatic hydroxyl groups excluding tert-OH is 1. The van der Waals surface area contributed by atoms with Crippen LogP contribution in [0.15, 0.2) is 122 Å². The maximum absolute atomic E-state index is 16.3. The summed E-state index contributed by atoms with van der Waals surface area (Å²) < 4.78 is 17.4. The third-order valence-corrected chi connectivity index (χ3v) is 12.5. The van der Waals surface area contributed by atoms with Gasteiger partial charge in [0.25, 0.3) is 0 Å². The molecule has 3 amide bonds. The monoisotopic (exact) mass is 862 g/mol. The van der Waals surface area contributed by atoms with Crippen molar-refractivity contribution in [2.45, 2.75) is 36.1 Å². The second-order valence-electron chi connectivity index (χ2n) is 16.0. The molecule has 9 rings (SSSR count). The summed E-state index contributed by atoms with van der Waals surface area (Å²) >= 11 is 0. The number of amides is 3. The number of phenols is 1. The fourth-order valence-corrected chi connectivity index (χ4v) is 9.88. The molecule has 1 spiro atoms. The zero-order chi connectivity index (χ0) is 44.4. The minimum atomic E-state index is -2.01. The Morgan fingerprint density at radius 3 is 2.19 bits per heavy atom. The van der Waals surface area contributed by atoms with Crippen LogP contribution in [0.25, 0.3) is 0 Å². The van der Waals surface area contributed by atoms with Crippen molar-refractivity contribution in [3.05, 3.63) is 149 Å². The number of morpholine rings is 1. The lowest BCUT2D eigenvalue weighted by Gasteiger charge is -2.46. The number of imide groups is 1. The van der Waals surface area contributed by atoms with Crippen LogP contribution in [0.5, 0.6) is 5.75 Å². The molecule has 4 aliphatic heterocycles. The Bertz CT molecular complexity index is 2580. The summed E-state index contributed by atoms with van der Waals surface area (Å²) in [4.78, 5) is 77.3. The highest BCUT2D eigenvalue weighted by Gasteiger charge is 2.76. The van der Waals surface area contributed by atoms with Gasteiger partial charge in [0, 0.05) is 57.7 Å². The van der Waals surface area contributed by atoms with Gasteiger partial charge >= 0.3 is 12.1 Å². The van der Waals surface area contributed by atoms with E-state index >= 15 is 14.4 Å². The predicted octanol–water partition coefficient (Wildman–Crippen LogP) is 4.71. The first kappa shape index (κ1) is 42.2. The lowest BCUT2D eigenvalue weighted by molar-refractivity contribution is -0.179. The zero-order valence-corrected chi connectivity index (χ0v) is 35.0. The molecule has 15 nitrogen and oxygen atoms in total. The van der Waals surface area contributed by atoms with Crippen molar-refractivity contribution in [1.29, 1.82) is 0 Å². The van der Waals surface area contributed by atoms with Gasteiger partial charge in [-0.3, -0.25) is 19.3 Å². The van der Waals surface area contributed by atoms with Crippen molar-refractivity contribution in [3.63, 3.8) is 0 Å². The van der Waals surface area contributed by atoms with Crippen molar-refractivity contribution < 1.29 is 43.6 Å². The number of methoxy groups -OCH3 is 1. The number of hydrogen-bond acceptors (Lipinski definition) is 13. The van der Waals surface area contributed by atoms with E-state index in [0.717, 1.165) is 10.5 Å². The summed E-state index contributed by atoms with van der Waals surface area (Å²) in [5.41, 5.74) is 0.834. The molecule has 3 saturated heterocycles. The van der Waals surface area contributed by atoms with E-state index in [1.807, 2.05) is 70.5 Å². The number of anilines is 2. The van der Waals surface area contributed by atoms with Gasteiger partial charge in [0.1, 0.15) is 29.9 Å². The Morgan fingerprint density at radius 1 is 0.828 bits per heavy atom. The minimum absolute atomic E-state index is 0.0389. The number of cyclic esters (lactones) is 1. The van der Waals surface area contributed by atoms with Gasteiger partial charge in [-0.2, -0.15) is 0 Å². The number of rotatable bonds is 9. The van der Waals surface area contributed by atoms with Crippen molar-refractivity contribution in [2.24, 2.45) is 5.92 Å². The van der Waals surface area contributed by atoms with Crippen LogP contribution in [0.3, 0.4) is 0 Å². The van der Waals surface area contributed by atoms with E-state index in [0.29, 0.717) is 35.7 Å². The number of aromatic hydroxyl groups is 1. The van der Waals surface area contributed by atoms with Crippen LogP contribution in [-0.2, 0) is 34.0 Å². The number of aliphatic hydroxyl groups is 1. The number of hydrogen-bond donors (Lipinski definition) is 2. The molecule has 5 heterocycles. The Morgan fingerprint density at radius 2 is 1.52 bits per heavy atom. The Labute approximate surface area is 369 Å². The van der Waals surface area contributed by atoms with Gasteiger partial charge in [0.2, 0.25) is 17.8 Å². The van der Waals surface area contributed by atoms with Crippen LogP contribution < -0.4 is 9.80 Å². The number of carbonyl (C=O) groups is 4. The van der Waals surface area contributed by atoms with Crippen LogP contribution >= 0.6 is 0 Å². The molecule has 15 heteroatoms. The number of piperazine rings is 1. The molecule has 0 aliphatic carbocycles. The summed E-state index contributed by atoms with van der Waals surface area (Å²) in [5.74, 6) is 3.05. The number of phenolic OH excluding ortho intramolecular Hbond substituents is 1. The van der Waals surface area contributed by atoms with E-state index < -0.39 is 59.4 Å². The molecule has 4 aliphatic rings. The van der Waals surface area contributed by atoms with E-state index in [1.54, 1.807) is 53.7 Å². The fraction of sp³-hybridized carbons (Fsp3) is 0.306. The summed E-state index contributed by atoms with van der Waals surface area (Å²) in [7, 11) is 1.46. The molecule has 0 unspecified atom stereocenters. The Kier molecular flexibility index (Phi) is 11.8. The van der Waals surface area contributed by atoms with E-state index in [2.05, 4.69) is 21.8 Å². The highest BCUT2D eigenvalue weighted by molar-refractivity contribution is 6.23. The number of carbonyl (C=O) groups excluding carboxylic acids is 4. The number of aromatic nitrogens is 2. The minimum Gasteiger partial charge on any atom is -0.508 e. The largest absolute Gasteiger partial charge is 0.508 e. The standard InChI is InChI=1S/C49H46N6O9/c1-62-29-30-63-48(61)54-38-21-16-32(11-8-9-28-56)31-37(38)49(46(54)60)39(44(58)52-24-26-53(27-25-52)47-50-22-10-23-51-47)41-45(59)64-42(34-14-6-3-7-15-34)40(33-12-4-2-5-13-33)55(41)43(49)35-17-19-36(57)20-18-35/h2-7,10,12-23,31,39-43,56-57H,9,24-30H2,1H3/t39-,40-,41-,42+,43+,49-/m0/s1. The van der Waals surface area contributed by atoms with Crippen LogP contribution in [-0.4, -0.2) is 113 Å². The predicted molar refractivity (Wildman–Crippen MR) is 233 cm³/mol. The van der Waals surface area contributed by atoms with E-state index in [4.69, 9.17) is 14.2 Å². The number of nitrogens with zero attached hydrogens (tertiary/aromatic N) is 6. The number of ether oxygens (including phenoxy) is 3. The molecule has 64 heavy (non-hydrogen) atoms. The molecule has 2 N–H and O–H groups in total. The lowest BCUT2D eigenvalue weighted by atomic mass is 9.65. The highest BCUT2D eigenvalue weighted by Crippen LogP contribution is 2.66. The van der Waals surface area contributed by atoms with Gasteiger partial charge in [0.15, 0.2) is 0 Å². The van der Waals surface area contributed by atoms with Gasteiger partial charge in [-0.05, 0) is 58.7 Å². The third kappa shape index (κ3) is 7.29. The SMILES string of the molecule is COCCOC(=O)N1C(=O)[C@@]2(c3cc(C#CCCO)ccc31)[C@H](C(=O)N1CCN(c3ncccn3)CC1)[C@H]1C(=O)O[C@H](c3ccccc3)[C@H](c3ccccc3)N1[C@@H]2c1ccc(O)cc1. The van der Waals surface area contributed by atoms with Crippen molar-refractivity contribution in [2.75, 3.05) is 62.9 Å². The van der Waals surface area contributed by atoms with Crippen molar-refractivity contribution >= 4 is 35.5 Å². The van der Waals surface area contributed by atoms with Gasteiger partial charge < -0.3 is 34.2 Å². The first-order chi connectivity index (χ1) is 31.3. The maximum atomic E-state index is 16.3. The highest BCUT2D eigenvalue weighted by atomic mass is 16.6. The van der Waals surface area contributed by atoms with Gasteiger partial charge in [-0.25, -0.2) is 19.7 Å². The van der Waals surface area contributed by atoms with Crippen molar-refractivity contribution in [1.82, 2.24) is 19.8 Å². The van der Waals surface area contributed by atoms with E-state index in [-0.39, 0.29) is 56.3 Å². The second kappa shape index (κ2) is 17.9. The molecule has 4 aromatic carbocycles. The molecule has 6 atom stereocenters. The average Bonchev–Trinajstić information content (AvgIpc) is 3.79. The van der Waals surface area contributed by atoms with Crippen LogP contribution in [0.2, 0.25) is 0 Å². The fourth-order valence-electron chi connectivity index (χ4n) is 9.88.